The van der Waals surface area contributed by atoms with Crippen molar-refractivity contribution >= 4 is 0 Å². The number of nitrogens with zero attached hydrogens (tertiary/aromatic N) is 2. The Hall–Kier alpha value is -0.120. The molecule has 0 aromatic heterocycles. The van der Waals surface area contributed by atoms with Gasteiger partial charge in [0.2, 0.25) is 0 Å². The zero-order chi connectivity index (χ0) is 14.9. The van der Waals surface area contributed by atoms with E-state index in [-0.39, 0.29) is 0 Å². The molecule has 3 heteroatoms. The Morgan fingerprint density at radius 3 is 2.21 bits per heavy atom. The average Bonchev–Trinajstić information content (AvgIpc) is 2.33. The third kappa shape index (κ3) is 7.91. The third-order valence-corrected chi connectivity index (χ3v) is 3.90. The Morgan fingerprint density at radius 2 is 1.79 bits per heavy atom. The van der Waals surface area contributed by atoms with Gasteiger partial charge in [0.1, 0.15) is 0 Å². The second kappa shape index (κ2) is 9.73. The average molecular weight is 271 g/mol. The van der Waals surface area contributed by atoms with E-state index in [1.54, 1.807) is 0 Å². The Morgan fingerprint density at radius 1 is 1.16 bits per heavy atom. The van der Waals surface area contributed by atoms with Crippen LogP contribution in [0.1, 0.15) is 47.5 Å². The molecular formula is C16H37N3. The number of nitrogens with one attached hydrogen (secondary N) is 1. The monoisotopic (exact) mass is 271 g/mol. The molecule has 0 aliphatic carbocycles. The molecule has 0 fully saturated rings. The van der Waals surface area contributed by atoms with Crippen molar-refractivity contribution in [2.75, 3.05) is 46.8 Å². The maximum Gasteiger partial charge on any atom is 0.0194 e. The zero-order valence-electron chi connectivity index (χ0n) is 14.4. The highest BCUT2D eigenvalue weighted by Crippen LogP contribution is 2.25. The van der Waals surface area contributed by atoms with Crippen molar-refractivity contribution < 1.29 is 0 Å². The first-order valence-electron chi connectivity index (χ1n) is 7.98. The molecule has 0 bridgehead atoms. The van der Waals surface area contributed by atoms with Gasteiger partial charge in [-0.2, -0.15) is 0 Å². The number of likely N-dealkylation sites (N-methyl/N-ethyl adjacent to an activating group) is 2. The molecule has 0 heterocycles. The van der Waals surface area contributed by atoms with E-state index >= 15 is 0 Å². The molecule has 2 unspecified atom stereocenters. The first kappa shape index (κ1) is 18.9. The SMILES string of the molecule is CCCC(C)(CNCC)CN(CC)C(C)CN(C)C. The van der Waals surface area contributed by atoms with E-state index in [1.165, 1.54) is 19.4 Å². The van der Waals surface area contributed by atoms with Crippen LogP contribution in [0.4, 0.5) is 0 Å². The van der Waals surface area contributed by atoms with Gasteiger partial charge in [0.05, 0.1) is 0 Å². The predicted octanol–water partition coefficient (Wildman–Crippen LogP) is 2.67. The predicted molar refractivity (Wildman–Crippen MR) is 86.8 cm³/mol. The number of hydrogen-bond donors (Lipinski definition) is 1. The molecule has 2 atom stereocenters. The zero-order valence-corrected chi connectivity index (χ0v) is 14.4. The molecule has 0 spiro atoms. The second-order valence-electron chi connectivity index (χ2n) is 6.52. The van der Waals surface area contributed by atoms with E-state index in [0.29, 0.717) is 11.5 Å². The Labute approximate surface area is 121 Å². The summed E-state index contributed by atoms with van der Waals surface area (Å²) in [7, 11) is 4.32. The van der Waals surface area contributed by atoms with Gasteiger partial charge >= 0.3 is 0 Å². The fourth-order valence-corrected chi connectivity index (χ4v) is 2.97. The summed E-state index contributed by atoms with van der Waals surface area (Å²) in [5, 5.41) is 3.55. The van der Waals surface area contributed by atoms with Crippen LogP contribution in [-0.4, -0.2) is 62.7 Å². The lowest BCUT2D eigenvalue weighted by atomic mass is 9.84. The second-order valence-corrected chi connectivity index (χ2v) is 6.52. The van der Waals surface area contributed by atoms with Crippen LogP contribution in [0.25, 0.3) is 0 Å². The van der Waals surface area contributed by atoms with Crippen LogP contribution in [-0.2, 0) is 0 Å². The van der Waals surface area contributed by atoms with Gasteiger partial charge in [-0.3, -0.25) is 4.90 Å². The lowest BCUT2D eigenvalue weighted by Gasteiger charge is -2.39. The smallest absolute Gasteiger partial charge is 0.0194 e. The van der Waals surface area contributed by atoms with Crippen molar-refractivity contribution in [3.05, 3.63) is 0 Å². The van der Waals surface area contributed by atoms with Crippen LogP contribution in [0.3, 0.4) is 0 Å². The van der Waals surface area contributed by atoms with E-state index in [2.05, 4.69) is 63.8 Å². The van der Waals surface area contributed by atoms with Crippen molar-refractivity contribution in [1.82, 2.24) is 15.1 Å². The molecular weight excluding hydrogens is 234 g/mol. The fraction of sp³-hybridized carbons (Fsp3) is 1.00. The highest BCUT2D eigenvalue weighted by molar-refractivity contribution is 4.82. The maximum atomic E-state index is 3.55. The van der Waals surface area contributed by atoms with Gasteiger partial charge in [-0.05, 0) is 45.9 Å². The summed E-state index contributed by atoms with van der Waals surface area (Å²) in [6, 6.07) is 0.623. The quantitative estimate of drug-likeness (QED) is 0.623. The van der Waals surface area contributed by atoms with E-state index in [0.717, 1.165) is 26.2 Å². The van der Waals surface area contributed by atoms with E-state index in [4.69, 9.17) is 0 Å². The molecule has 116 valence electrons. The Balaban J connectivity index is 4.57. The van der Waals surface area contributed by atoms with E-state index < -0.39 is 0 Å². The third-order valence-electron chi connectivity index (χ3n) is 3.90. The van der Waals surface area contributed by atoms with Gasteiger partial charge in [0, 0.05) is 25.7 Å². The van der Waals surface area contributed by atoms with Gasteiger partial charge in [-0.25, -0.2) is 0 Å². The molecule has 3 nitrogen and oxygen atoms in total. The molecule has 0 aliphatic rings. The first-order chi connectivity index (χ1) is 8.88. The normalized spacial score (nSPS) is 16.9. The minimum Gasteiger partial charge on any atom is -0.316 e. The summed E-state index contributed by atoms with van der Waals surface area (Å²) in [6.45, 7) is 17.2. The molecule has 0 saturated heterocycles. The van der Waals surface area contributed by atoms with Gasteiger partial charge in [-0.1, -0.05) is 34.1 Å². The molecule has 0 aliphatic heterocycles. The highest BCUT2D eigenvalue weighted by Gasteiger charge is 2.27. The summed E-state index contributed by atoms with van der Waals surface area (Å²) in [5.74, 6) is 0. The van der Waals surface area contributed by atoms with Crippen LogP contribution in [0.2, 0.25) is 0 Å². The Kier molecular flexibility index (Phi) is 9.67. The van der Waals surface area contributed by atoms with Crippen molar-refractivity contribution in [3.8, 4) is 0 Å². The van der Waals surface area contributed by atoms with Gasteiger partial charge in [0.15, 0.2) is 0 Å². The van der Waals surface area contributed by atoms with Gasteiger partial charge in [0.25, 0.3) is 0 Å². The van der Waals surface area contributed by atoms with Gasteiger partial charge in [-0.15, -0.1) is 0 Å². The van der Waals surface area contributed by atoms with Crippen LogP contribution >= 0.6 is 0 Å². The van der Waals surface area contributed by atoms with Crippen molar-refractivity contribution in [1.29, 1.82) is 0 Å². The minimum absolute atomic E-state index is 0.390. The van der Waals surface area contributed by atoms with Crippen LogP contribution in [0.5, 0.6) is 0 Å². The van der Waals surface area contributed by atoms with Crippen molar-refractivity contribution in [3.63, 3.8) is 0 Å². The summed E-state index contributed by atoms with van der Waals surface area (Å²) >= 11 is 0. The number of rotatable bonds is 11. The maximum absolute atomic E-state index is 3.55. The molecule has 0 aromatic rings. The fourth-order valence-electron chi connectivity index (χ4n) is 2.97. The van der Waals surface area contributed by atoms with Crippen LogP contribution in [0.15, 0.2) is 0 Å². The lowest BCUT2D eigenvalue weighted by molar-refractivity contribution is 0.107. The van der Waals surface area contributed by atoms with E-state index in [1.807, 2.05) is 0 Å². The van der Waals surface area contributed by atoms with Crippen molar-refractivity contribution in [2.45, 2.75) is 53.5 Å². The molecule has 0 saturated carbocycles. The van der Waals surface area contributed by atoms with Crippen LogP contribution in [0, 0.1) is 5.41 Å². The standard InChI is InChI=1S/C16H37N3/c1-8-11-16(5,13-17-9-2)14-19(10-3)15(4)12-18(6)7/h15,17H,8-14H2,1-7H3. The molecule has 0 radical (unpaired) electrons. The molecule has 0 amide bonds. The molecule has 0 aromatic carbocycles. The molecule has 0 rings (SSSR count). The number of hydrogen-bond acceptors (Lipinski definition) is 3. The van der Waals surface area contributed by atoms with Gasteiger partial charge < -0.3 is 10.2 Å². The van der Waals surface area contributed by atoms with Crippen LogP contribution < -0.4 is 5.32 Å². The first-order valence-corrected chi connectivity index (χ1v) is 7.98. The highest BCUT2D eigenvalue weighted by atomic mass is 15.2. The summed E-state index contributed by atoms with van der Waals surface area (Å²) < 4.78 is 0. The minimum atomic E-state index is 0.390. The molecule has 19 heavy (non-hydrogen) atoms. The lowest BCUT2D eigenvalue weighted by Crippen LogP contribution is -2.48. The Bertz CT molecular complexity index is 218. The van der Waals surface area contributed by atoms with E-state index in [9.17, 15) is 0 Å². The topological polar surface area (TPSA) is 18.5 Å². The summed E-state index contributed by atoms with van der Waals surface area (Å²) in [4.78, 5) is 4.92. The van der Waals surface area contributed by atoms with Crippen molar-refractivity contribution in [2.24, 2.45) is 5.41 Å². The molecule has 1 N–H and O–H groups in total. The largest absolute Gasteiger partial charge is 0.316 e. The summed E-state index contributed by atoms with van der Waals surface area (Å²) in [6.07, 6.45) is 2.56. The summed E-state index contributed by atoms with van der Waals surface area (Å²) in [5.41, 5.74) is 0.390.